The topological polar surface area (TPSA) is 52.0 Å². The van der Waals surface area contributed by atoms with Gasteiger partial charge in [-0.05, 0) is 30.8 Å². The number of aromatic nitrogens is 1. The van der Waals surface area contributed by atoms with Gasteiger partial charge in [0.05, 0.1) is 0 Å². The summed E-state index contributed by atoms with van der Waals surface area (Å²) in [6.07, 6.45) is 1.68. The fourth-order valence-electron chi connectivity index (χ4n) is 1.66. The Hall–Kier alpha value is -1.44. The Morgan fingerprint density at radius 2 is 2.18 bits per heavy atom. The minimum Gasteiger partial charge on any atom is -0.311 e. The summed E-state index contributed by atoms with van der Waals surface area (Å²) < 4.78 is 0. The Morgan fingerprint density at radius 1 is 1.41 bits per heavy atom. The normalized spacial score (nSPS) is 10.5. The molecule has 0 aliphatic heterocycles. The van der Waals surface area contributed by atoms with Crippen molar-refractivity contribution in [3.8, 4) is 6.07 Å². The Balaban J connectivity index is 2.29. The highest BCUT2D eigenvalue weighted by molar-refractivity contribution is 5.25. The average molecular weight is 232 g/mol. The van der Waals surface area contributed by atoms with Crippen LogP contribution in [0.1, 0.15) is 25.1 Å². The molecule has 1 rings (SSSR count). The van der Waals surface area contributed by atoms with Gasteiger partial charge in [0.2, 0.25) is 0 Å². The molecule has 0 saturated heterocycles. The number of pyridine rings is 1. The summed E-state index contributed by atoms with van der Waals surface area (Å²) in [4.78, 5) is 6.32. The number of likely N-dealkylation sites (N-methyl/N-ethyl adjacent to an activating group) is 1. The molecule has 0 amide bonds. The highest BCUT2D eigenvalue weighted by Gasteiger charge is 1.99. The summed E-state index contributed by atoms with van der Waals surface area (Å²) in [5.41, 5.74) is 1.59. The molecular weight excluding hydrogens is 212 g/mol. The van der Waals surface area contributed by atoms with Gasteiger partial charge < -0.3 is 10.2 Å². The number of hydrogen-bond acceptors (Lipinski definition) is 4. The molecule has 4 heteroatoms. The monoisotopic (exact) mass is 232 g/mol. The molecule has 0 saturated carbocycles. The fraction of sp³-hybridized carbons (Fsp3) is 0.538. The summed E-state index contributed by atoms with van der Waals surface area (Å²) >= 11 is 0. The first-order valence-corrected chi connectivity index (χ1v) is 6.08. The van der Waals surface area contributed by atoms with E-state index in [1.807, 2.05) is 18.2 Å². The van der Waals surface area contributed by atoms with Crippen LogP contribution < -0.4 is 5.32 Å². The second-order valence-corrected chi connectivity index (χ2v) is 3.86. The SMILES string of the molecule is CCN(CC)CCNCc1ccnc(C#N)c1. The largest absolute Gasteiger partial charge is 0.311 e. The van der Waals surface area contributed by atoms with Gasteiger partial charge in [0, 0.05) is 25.8 Å². The molecule has 0 radical (unpaired) electrons. The summed E-state index contributed by atoms with van der Waals surface area (Å²) in [6.45, 7) is 9.34. The Bertz CT molecular complexity index is 366. The smallest absolute Gasteiger partial charge is 0.140 e. The highest BCUT2D eigenvalue weighted by atomic mass is 15.1. The van der Waals surface area contributed by atoms with Gasteiger partial charge in [0.1, 0.15) is 11.8 Å². The van der Waals surface area contributed by atoms with Crippen LogP contribution in [0.3, 0.4) is 0 Å². The molecule has 92 valence electrons. The molecule has 0 unspecified atom stereocenters. The molecule has 1 heterocycles. The van der Waals surface area contributed by atoms with Crippen molar-refractivity contribution in [1.82, 2.24) is 15.2 Å². The van der Waals surface area contributed by atoms with E-state index in [-0.39, 0.29) is 0 Å². The lowest BCUT2D eigenvalue weighted by atomic mass is 10.2. The minimum absolute atomic E-state index is 0.480. The number of nitrogens with zero attached hydrogens (tertiary/aromatic N) is 3. The van der Waals surface area contributed by atoms with Gasteiger partial charge in [-0.1, -0.05) is 13.8 Å². The Morgan fingerprint density at radius 3 is 2.82 bits per heavy atom. The van der Waals surface area contributed by atoms with Crippen LogP contribution in [0.5, 0.6) is 0 Å². The van der Waals surface area contributed by atoms with Gasteiger partial charge in [-0.25, -0.2) is 4.98 Å². The quantitative estimate of drug-likeness (QED) is 0.722. The van der Waals surface area contributed by atoms with Crippen LogP contribution in [0.4, 0.5) is 0 Å². The van der Waals surface area contributed by atoms with E-state index < -0.39 is 0 Å². The average Bonchev–Trinajstić information content (AvgIpc) is 2.39. The van der Waals surface area contributed by atoms with Crippen LogP contribution in [0.2, 0.25) is 0 Å². The standard InChI is InChI=1S/C13H20N4/c1-3-17(4-2)8-7-15-11-12-5-6-16-13(9-12)10-14/h5-6,9,15H,3-4,7-8,11H2,1-2H3. The van der Waals surface area contributed by atoms with Crippen molar-refractivity contribution in [3.63, 3.8) is 0 Å². The van der Waals surface area contributed by atoms with Crippen molar-refractivity contribution >= 4 is 0 Å². The molecule has 0 bridgehead atoms. The van der Waals surface area contributed by atoms with E-state index in [2.05, 4.69) is 29.0 Å². The molecule has 1 aromatic heterocycles. The van der Waals surface area contributed by atoms with Gasteiger partial charge in [0.25, 0.3) is 0 Å². The van der Waals surface area contributed by atoms with E-state index in [0.717, 1.165) is 38.3 Å². The lowest BCUT2D eigenvalue weighted by Gasteiger charge is -2.17. The first-order valence-electron chi connectivity index (χ1n) is 6.08. The van der Waals surface area contributed by atoms with Crippen LogP contribution in [0.15, 0.2) is 18.3 Å². The summed E-state index contributed by atoms with van der Waals surface area (Å²) in [5.74, 6) is 0. The molecule has 17 heavy (non-hydrogen) atoms. The van der Waals surface area contributed by atoms with Crippen molar-refractivity contribution in [2.75, 3.05) is 26.2 Å². The lowest BCUT2D eigenvalue weighted by molar-refractivity contribution is 0.302. The summed E-state index contributed by atoms with van der Waals surface area (Å²) in [5, 5.41) is 12.1. The lowest BCUT2D eigenvalue weighted by Crippen LogP contribution is -2.31. The van der Waals surface area contributed by atoms with Gasteiger partial charge in [-0.15, -0.1) is 0 Å². The molecule has 0 aromatic carbocycles. The zero-order chi connectivity index (χ0) is 12.5. The fourth-order valence-corrected chi connectivity index (χ4v) is 1.66. The maximum atomic E-state index is 8.73. The molecule has 1 aromatic rings. The van der Waals surface area contributed by atoms with Crippen molar-refractivity contribution in [3.05, 3.63) is 29.6 Å². The minimum atomic E-state index is 0.480. The van der Waals surface area contributed by atoms with Crippen LogP contribution in [-0.4, -0.2) is 36.1 Å². The molecule has 0 spiro atoms. The molecular formula is C13H20N4. The highest BCUT2D eigenvalue weighted by Crippen LogP contribution is 1.99. The van der Waals surface area contributed by atoms with E-state index in [0.29, 0.717) is 5.69 Å². The number of hydrogen-bond donors (Lipinski definition) is 1. The number of rotatable bonds is 7. The predicted molar refractivity (Wildman–Crippen MR) is 68.4 cm³/mol. The molecule has 0 aliphatic rings. The second kappa shape index (κ2) is 7.77. The van der Waals surface area contributed by atoms with Crippen LogP contribution >= 0.6 is 0 Å². The van der Waals surface area contributed by atoms with Gasteiger partial charge in [-0.3, -0.25) is 0 Å². The van der Waals surface area contributed by atoms with Crippen LogP contribution in [-0.2, 0) is 6.54 Å². The third-order valence-corrected chi connectivity index (χ3v) is 2.77. The van der Waals surface area contributed by atoms with Crippen LogP contribution in [0, 0.1) is 11.3 Å². The first-order chi connectivity index (χ1) is 8.30. The van der Waals surface area contributed by atoms with E-state index in [4.69, 9.17) is 5.26 Å². The predicted octanol–water partition coefficient (Wildman–Crippen LogP) is 1.38. The second-order valence-electron chi connectivity index (χ2n) is 3.86. The molecule has 0 aliphatic carbocycles. The van der Waals surface area contributed by atoms with Crippen molar-refractivity contribution in [1.29, 1.82) is 5.26 Å². The van der Waals surface area contributed by atoms with E-state index in [9.17, 15) is 0 Å². The summed E-state index contributed by atoms with van der Waals surface area (Å²) in [7, 11) is 0. The maximum absolute atomic E-state index is 8.73. The Kier molecular flexibility index (Phi) is 6.23. The van der Waals surface area contributed by atoms with E-state index in [1.54, 1.807) is 6.20 Å². The van der Waals surface area contributed by atoms with Crippen LogP contribution in [0.25, 0.3) is 0 Å². The molecule has 0 atom stereocenters. The van der Waals surface area contributed by atoms with Crippen molar-refractivity contribution in [2.24, 2.45) is 0 Å². The Labute approximate surface area is 103 Å². The maximum Gasteiger partial charge on any atom is 0.140 e. The van der Waals surface area contributed by atoms with E-state index in [1.165, 1.54) is 0 Å². The third-order valence-electron chi connectivity index (χ3n) is 2.77. The number of nitriles is 1. The molecule has 0 fully saturated rings. The zero-order valence-corrected chi connectivity index (χ0v) is 10.6. The van der Waals surface area contributed by atoms with Crippen molar-refractivity contribution in [2.45, 2.75) is 20.4 Å². The molecule has 4 nitrogen and oxygen atoms in total. The zero-order valence-electron chi connectivity index (χ0n) is 10.6. The third kappa shape index (κ3) is 4.94. The molecule has 1 N–H and O–H groups in total. The first kappa shape index (κ1) is 13.6. The van der Waals surface area contributed by atoms with Crippen molar-refractivity contribution < 1.29 is 0 Å². The van der Waals surface area contributed by atoms with Gasteiger partial charge in [0.15, 0.2) is 0 Å². The van der Waals surface area contributed by atoms with Gasteiger partial charge >= 0.3 is 0 Å². The van der Waals surface area contributed by atoms with Gasteiger partial charge in [-0.2, -0.15) is 5.26 Å². The number of nitrogens with one attached hydrogen (secondary N) is 1. The summed E-state index contributed by atoms with van der Waals surface area (Å²) in [6, 6.07) is 5.81. The van der Waals surface area contributed by atoms with E-state index >= 15 is 0 Å².